The Bertz CT molecular complexity index is 1040. The second-order valence-electron chi connectivity index (χ2n) is 6.08. The van der Waals surface area contributed by atoms with Gasteiger partial charge in [0.05, 0.1) is 13.2 Å². The van der Waals surface area contributed by atoms with Crippen molar-refractivity contribution in [2.45, 2.75) is 16.7 Å². The van der Waals surface area contributed by atoms with Crippen LogP contribution in [0.3, 0.4) is 0 Å². The maximum Gasteiger partial charge on any atom is 0.490 e. The monoisotopic (exact) mass is 533 g/mol. The van der Waals surface area contributed by atoms with Gasteiger partial charge in [-0.1, -0.05) is 11.6 Å². The van der Waals surface area contributed by atoms with Crippen LogP contribution >= 0.6 is 35.1 Å². The van der Waals surface area contributed by atoms with Gasteiger partial charge in [-0.15, -0.1) is 0 Å². The number of alkyl halides is 2. The SMILES string of the molecule is Nc1ccn([C@]2(Cl)CO[C@](CF)(COP(=O)(O)OP(=O)(O)OP(=O)(O)O)[C@H]2O)c(=O)n1. The molecule has 5 atom stereocenters. The molecule has 0 aromatic carbocycles. The Kier molecular flexibility index (Phi) is 7.58. The van der Waals surface area contributed by atoms with Crippen LogP contribution in [0.25, 0.3) is 0 Å². The van der Waals surface area contributed by atoms with Gasteiger partial charge in [0.1, 0.15) is 24.2 Å². The molecule has 2 unspecified atom stereocenters. The van der Waals surface area contributed by atoms with Crippen LogP contribution in [0.2, 0.25) is 0 Å². The lowest BCUT2D eigenvalue weighted by Crippen LogP contribution is -2.54. The van der Waals surface area contributed by atoms with Crippen molar-refractivity contribution in [2.75, 3.05) is 25.6 Å². The number of ether oxygens (including phenoxy) is 1. The van der Waals surface area contributed by atoms with Crippen molar-refractivity contribution >= 4 is 40.9 Å². The Morgan fingerprint density at radius 1 is 1.29 bits per heavy atom. The smallest absolute Gasteiger partial charge is 0.386 e. The highest BCUT2D eigenvalue weighted by molar-refractivity contribution is 7.66. The summed E-state index contributed by atoms with van der Waals surface area (Å²) in [5, 5.41) is 10.5. The number of phosphoric ester groups is 1. The summed E-state index contributed by atoms with van der Waals surface area (Å²) in [4.78, 5) is 48.8. The molecule has 1 saturated heterocycles. The minimum absolute atomic E-state index is 0.181. The van der Waals surface area contributed by atoms with Gasteiger partial charge in [-0.05, 0) is 6.07 Å². The standard InChI is InChI=1S/C10H16ClFN3O13P3/c11-10(15-2-1-6(13)14-8(15)17)5-25-9(3-12,7(10)16)4-26-30(21,22)28-31(23,24)27-29(18,19)20/h1-2,7,16H,3-5H2,(H,21,22)(H,23,24)(H2,13,14,17)(H2,18,19,20)/t7-,9-,10-/m1/s1. The summed E-state index contributed by atoms with van der Waals surface area (Å²) in [5.41, 5.74) is 1.83. The molecule has 1 aliphatic rings. The fourth-order valence-corrected chi connectivity index (χ4v) is 5.93. The van der Waals surface area contributed by atoms with E-state index < -0.39 is 65.7 Å². The first kappa shape index (κ1) is 26.5. The molecule has 0 aliphatic carbocycles. The van der Waals surface area contributed by atoms with Gasteiger partial charge in [-0.25, -0.2) is 22.9 Å². The second-order valence-corrected chi connectivity index (χ2v) is 11.2. The van der Waals surface area contributed by atoms with Crippen molar-refractivity contribution in [3.63, 3.8) is 0 Å². The molecule has 0 radical (unpaired) electrons. The third-order valence-corrected chi connectivity index (χ3v) is 8.10. The zero-order chi connectivity index (χ0) is 23.9. The van der Waals surface area contributed by atoms with Gasteiger partial charge < -0.3 is 35.2 Å². The highest BCUT2D eigenvalue weighted by Crippen LogP contribution is 2.66. The van der Waals surface area contributed by atoms with E-state index in [0.29, 0.717) is 4.57 Å². The Morgan fingerprint density at radius 3 is 2.42 bits per heavy atom. The van der Waals surface area contributed by atoms with E-state index in [0.717, 1.165) is 12.3 Å². The van der Waals surface area contributed by atoms with Gasteiger partial charge >= 0.3 is 29.2 Å². The first-order chi connectivity index (χ1) is 14.0. The maximum absolute atomic E-state index is 13.8. The van der Waals surface area contributed by atoms with Gasteiger partial charge in [-0.2, -0.15) is 13.6 Å². The molecule has 1 aliphatic heterocycles. The second kappa shape index (κ2) is 8.88. The van der Waals surface area contributed by atoms with Gasteiger partial charge in [0.2, 0.25) is 0 Å². The molecule has 1 aromatic rings. The normalized spacial score (nSPS) is 30.6. The molecule has 2 rings (SSSR count). The Balaban J connectivity index is 2.22. The molecule has 0 spiro atoms. The number of aliphatic hydroxyl groups excluding tert-OH is 1. The Hall–Kier alpha value is -0.770. The van der Waals surface area contributed by atoms with E-state index in [4.69, 9.17) is 36.8 Å². The number of phosphoric acid groups is 3. The quantitative estimate of drug-likeness (QED) is 0.167. The lowest BCUT2D eigenvalue weighted by molar-refractivity contribution is -0.102. The summed E-state index contributed by atoms with van der Waals surface area (Å²) in [5.74, 6) is -0.181. The van der Waals surface area contributed by atoms with E-state index >= 15 is 0 Å². The molecule has 2 heterocycles. The molecule has 21 heteroatoms. The van der Waals surface area contributed by atoms with E-state index in [-0.39, 0.29) is 5.82 Å². The summed E-state index contributed by atoms with van der Waals surface area (Å²) in [6.45, 7) is -3.67. The minimum atomic E-state index is -5.82. The first-order valence-corrected chi connectivity index (χ1v) is 12.6. The minimum Gasteiger partial charge on any atom is -0.386 e. The van der Waals surface area contributed by atoms with Crippen molar-refractivity contribution in [1.29, 1.82) is 0 Å². The van der Waals surface area contributed by atoms with Crippen LogP contribution in [0.15, 0.2) is 17.1 Å². The Labute approximate surface area is 176 Å². The number of nitrogens with two attached hydrogens (primary N) is 1. The predicted molar refractivity (Wildman–Crippen MR) is 97.2 cm³/mol. The van der Waals surface area contributed by atoms with Gasteiger partial charge in [-0.3, -0.25) is 9.09 Å². The summed E-state index contributed by atoms with van der Waals surface area (Å²) < 4.78 is 64.7. The number of hydrogen-bond donors (Lipinski definition) is 6. The third-order valence-electron chi connectivity index (χ3n) is 3.82. The number of rotatable bonds is 9. The number of aliphatic hydroxyl groups is 1. The van der Waals surface area contributed by atoms with Crippen molar-refractivity contribution in [3.8, 4) is 0 Å². The topological polar surface area (TPSA) is 250 Å². The van der Waals surface area contributed by atoms with E-state index in [9.17, 15) is 32.9 Å². The molecule has 31 heavy (non-hydrogen) atoms. The van der Waals surface area contributed by atoms with Crippen LogP contribution < -0.4 is 11.4 Å². The third kappa shape index (κ3) is 6.18. The highest BCUT2D eigenvalue weighted by atomic mass is 35.5. The number of halogens is 2. The molecule has 0 saturated carbocycles. The number of nitrogen functional groups attached to an aromatic ring is 1. The van der Waals surface area contributed by atoms with Crippen LogP contribution in [0.4, 0.5) is 10.2 Å². The summed E-state index contributed by atoms with van der Waals surface area (Å²) in [7, 11) is -17.1. The fourth-order valence-electron chi connectivity index (χ4n) is 2.47. The van der Waals surface area contributed by atoms with Crippen molar-refractivity contribution in [3.05, 3.63) is 22.7 Å². The number of aromatic nitrogens is 2. The molecule has 0 bridgehead atoms. The number of nitrogens with zero attached hydrogens (tertiary/aromatic N) is 2. The average molecular weight is 534 g/mol. The van der Waals surface area contributed by atoms with Crippen LogP contribution in [-0.4, -0.2) is 65.8 Å². The Morgan fingerprint density at radius 2 is 1.90 bits per heavy atom. The van der Waals surface area contributed by atoms with Crippen molar-refractivity contribution in [2.24, 2.45) is 0 Å². The van der Waals surface area contributed by atoms with E-state index in [1.165, 1.54) is 0 Å². The molecule has 1 aromatic heterocycles. The summed E-state index contributed by atoms with van der Waals surface area (Å²) >= 11 is 6.23. The molecule has 178 valence electrons. The lowest BCUT2D eigenvalue weighted by atomic mass is 9.96. The van der Waals surface area contributed by atoms with Crippen LogP contribution in [0, 0.1) is 0 Å². The predicted octanol–water partition coefficient (Wildman–Crippen LogP) is -0.840. The van der Waals surface area contributed by atoms with E-state index in [1.54, 1.807) is 0 Å². The largest absolute Gasteiger partial charge is 0.490 e. The van der Waals surface area contributed by atoms with Gasteiger partial charge in [0.15, 0.2) is 5.00 Å². The number of anilines is 1. The average Bonchev–Trinajstić information content (AvgIpc) is 2.83. The zero-order valence-corrected chi connectivity index (χ0v) is 18.4. The highest BCUT2D eigenvalue weighted by Gasteiger charge is 2.60. The zero-order valence-electron chi connectivity index (χ0n) is 14.9. The molecule has 0 amide bonds. The summed E-state index contributed by atoms with van der Waals surface area (Å²) in [6, 6.07) is 1.14. The van der Waals surface area contributed by atoms with Gasteiger partial charge in [0.25, 0.3) is 0 Å². The first-order valence-electron chi connectivity index (χ1n) is 7.66. The molecule has 1 fully saturated rings. The van der Waals surface area contributed by atoms with Crippen molar-refractivity contribution in [1.82, 2.24) is 9.55 Å². The lowest BCUT2D eigenvalue weighted by Gasteiger charge is -2.33. The molecule has 7 N–H and O–H groups in total. The van der Waals surface area contributed by atoms with Crippen LogP contribution in [0.1, 0.15) is 0 Å². The van der Waals surface area contributed by atoms with Crippen molar-refractivity contribution < 1.29 is 60.6 Å². The molecule has 16 nitrogen and oxygen atoms in total. The van der Waals surface area contributed by atoms with Gasteiger partial charge in [0, 0.05) is 6.20 Å². The maximum atomic E-state index is 13.8. The molecular weight excluding hydrogens is 517 g/mol. The van der Waals surface area contributed by atoms with E-state index in [1.807, 2.05) is 0 Å². The van der Waals surface area contributed by atoms with Crippen LogP contribution in [0.5, 0.6) is 0 Å². The van der Waals surface area contributed by atoms with E-state index in [2.05, 4.69) is 18.1 Å². The molecular formula is C10H16ClFN3O13P3. The number of hydrogen-bond acceptors (Lipinski definition) is 11. The fraction of sp³-hybridized carbons (Fsp3) is 0.600. The van der Waals surface area contributed by atoms with Crippen LogP contribution in [-0.2, 0) is 36.6 Å². The summed E-state index contributed by atoms with van der Waals surface area (Å²) in [6.07, 6.45) is -1.09.